The Bertz CT molecular complexity index is 135. The Hall–Kier alpha value is -1.12. The molecule has 0 aromatic rings. The molecule has 0 rings (SSSR count). The van der Waals surface area contributed by atoms with E-state index in [4.69, 9.17) is 5.11 Å². The second-order valence-corrected chi connectivity index (χ2v) is 1.25. The molecule has 0 fully saturated rings. The van der Waals surface area contributed by atoms with Crippen LogP contribution in [-0.4, -0.2) is 17.4 Å². The molecule has 1 N–H and O–H groups in total. The van der Waals surface area contributed by atoms with Gasteiger partial charge >= 0.3 is 5.97 Å². The lowest BCUT2D eigenvalue weighted by Crippen LogP contribution is -1.95. The van der Waals surface area contributed by atoms with Gasteiger partial charge in [-0.1, -0.05) is 0 Å². The van der Waals surface area contributed by atoms with E-state index in [1.807, 2.05) is 0 Å². The molecule has 0 aromatic carbocycles. The number of aliphatic carboxylic acids is 1. The van der Waals surface area contributed by atoms with Crippen molar-refractivity contribution in [3.8, 4) is 0 Å². The van der Waals surface area contributed by atoms with Crippen molar-refractivity contribution in [2.75, 3.05) is 0 Å². The van der Waals surface area contributed by atoms with Gasteiger partial charge in [-0.3, -0.25) is 4.79 Å². The molecule has 0 saturated heterocycles. The second-order valence-electron chi connectivity index (χ2n) is 1.25. The first-order valence-electron chi connectivity index (χ1n) is 1.96. The van der Waals surface area contributed by atoms with Crippen LogP contribution in [0.5, 0.6) is 0 Å². The molecule has 0 saturated carbocycles. The van der Waals surface area contributed by atoms with Crippen molar-refractivity contribution in [2.24, 2.45) is 0 Å². The minimum absolute atomic E-state index is 0.000000000000000222. The molecule has 0 heterocycles. The van der Waals surface area contributed by atoms with Gasteiger partial charge in [-0.25, -0.2) is 4.79 Å². The Morgan fingerprint density at radius 1 is 1.75 bits per heavy atom. The first-order chi connectivity index (χ1) is 3.68. The first kappa shape index (κ1) is 6.88. The Morgan fingerprint density at radius 3 is 2.38 bits per heavy atom. The molecule has 0 aliphatic carbocycles. The number of hydrogen-bond donors (Lipinski definition) is 1. The van der Waals surface area contributed by atoms with Crippen molar-refractivity contribution in [1.29, 1.82) is 0 Å². The third-order valence-electron chi connectivity index (χ3n) is 0.613. The van der Waals surface area contributed by atoms with Gasteiger partial charge in [-0.15, -0.1) is 0 Å². The summed E-state index contributed by atoms with van der Waals surface area (Å²) in [5.41, 5.74) is 0.000000000000000222. The van der Waals surface area contributed by atoms with E-state index in [1.165, 1.54) is 13.2 Å². The zero-order valence-electron chi connectivity index (χ0n) is 4.34. The number of carboxylic acids is 1. The van der Waals surface area contributed by atoms with E-state index in [1.54, 1.807) is 0 Å². The van der Waals surface area contributed by atoms with E-state index >= 15 is 0 Å². The topological polar surface area (TPSA) is 54.4 Å². The van der Waals surface area contributed by atoms with Crippen molar-refractivity contribution in [1.82, 2.24) is 0 Å². The summed E-state index contributed by atoms with van der Waals surface area (Å²) in [5, 5.41) is 8.07. The maximum atomic E-state index is 9.84. The lowest BCUT2D eigenvalue weighted by molar-refractivity contribution is -0.132. The zero-order valence-corrected chi connectivity index (χ0v) is 4.34. The molecule has 43 valence electrons. The quantitative estimate of drug-likeness (QED) is 0.518. The number of hydrogen-bond acceptors (Lipinski definition) is 2. The van der Waals surface area contributed by atoms with Crippen LogP contribution in [0.1, 0.15) is 6.92 Å². The predicted molar refractivity (Wildman–Crippen MR) is 27.1 cm³/mol. The normalized spacial score (nSPS) is 10.9. The number of carboxylic acid groups (broad SMARTS) is 1. The van der Waals surface area contributed by atoms with Crippen LogP contribution in [0, 0.1) is 0 Å². The van der Waals surface area contributed by atoms with E-state index < -0.39 is 5.97 Å². The summed E-state index contributed by atoms with van der Waals surface area (Å²) in [6.45, 7) is 1.33. The molecule has 0 spiro atoms. The Kier molecular flexibility index (Phi) is 2.54. The first-order valence-corrected chi connectivity index (χ1v) is 1.96. The maximum absolute atomic E-state index is 9.84. The minimum Gasteiger partial charge on any atom is -0.478 e. The molecular formula is C5H5O3. The highest BCUT2D eigenvalue weighted by atomic mass is 16.4. The van der Waals surface area contributed by atoms with E-state index in [0.717, 1.165) is 6.08 Å². The average Bonchev–Trinajstić information content (AvgIpc) is 1.67. The maximum Gasteiger partial charge on any atom is 0.331 e. The van der Waals surface area contributed by atoms with E-state index in [2.05, 4.69) is 0 Å². The number of carbonyl (C=O) groups is 1. The van der Waals surface area contributed by atoms with Gasteiger partial charge in [0, 0.05) is 5.57 Å². The molecule has 0 amide bonds. The van der Waals surface area contributed by atoms with Gasteiger partial charge in [0.25, 0.3) is 0 Å². The molecule has 0 unspecified atom stereocenters. The Morgan fingerprint density at radius 2 is 2.25 bits per heavy atom. The monoisotopic (exact) mass is 113 g/mol. The lowest BCUT2D eigenvalue weighted by atomic mass is 10.3. The molecule has 0 aliphatic heterocycles. The van der Waals surface area contributed by atoms with Gasteiger partial charge in [-0.2, -0.15) is 0 Å². The van der Waals surface area contributed by atoms with E-state index in [9.17, 15) is 9.59 Å². The molecule has 3 nitrogen and oxygen atoms in total. The van der Waals surface area contributed by atoms with E-state index in [-0.39, 0.29) is 5.57 Å². The van der Waals surface area contributed by atoms with Crippen LogP contribution in [0.2, 0.25) is 0 Å². The average molecular weight is 113 g/mol. The summed E-state index contributed by atoms with van der Waals surface area (Å²) >= 11 is 0. The van der Waals surface area contributed by atoms with Crippen LogP contribution in [-0.2, 0) is 9.59 Å². The van der Waals surface area contributed by atoms with Crippen LogP contribution in [0.25, 0.3) is 0 Å². The van der Waals surface area contributed by atoms with Gasteiger partial charge < -0.3 is 5.11 Å². The van der Waals surface area contributed by atoms with Crippen LogP contribution in [0.15, 0.2) is 11.6 Å². The Labute approximate surface area is 46.6 Å². The molecule has 1 radical (unpaired) electrons. The van der Waals surface area contributed by atoms with Crippen molar-refractivity contribution in [3.05, 3.63) is 11.6 Å². The minimum atomic E-state index is -1.09. The summed E-state index contributed by atoms with van der Waals surface area (Å²) in [5.74, 6) is -1.09. The lowest BCUT2D eigenvalue weighted by Gasteiger charge is -1.83. The molecule has 0 atom stereocenters. The van der Waals surface area contributed by atoms with Crippen LogP contribution in [0.3, 0.4) is 0 Å². The van der Waals surface area contributed by atoms with Crippen molar-refractivity contribution in [2.45, 2.75) is 6.92 Å². The van der Waals surface area contributed by atoms with Gasteiger partial charge in [0.05, 0.1) is 0 Å². The number of carbonyl (C=O) groups excluding carboxylic acids is 1. The van der Waals surface area contributed by atoms with Crippen molar-refractivity contribution in [3.63, 3.8) is 0 Å². The standard InChI is InChI=1S/C5H5O3/c1-4(2-3-6)5(7)8/h2H,1H3,(H,7,8)/b4-2+. The highest BCUT2D eigenvalue weighted by Gasteiger charge is 1.95. The molecule has 0 aromatic heterocycles. The van der Waals surface area contributed by atoms with Gasteiger partial charge in [0.1, 0.15) is 0 Å². The van der Waals surface area contributed by atoms with Gasteiger partial charge in [0.15, 0.2) is 0 Å². The molecule has 8 heavy (non-hydrogen) atoms. The van der Waals surface area contributed by atoms with Crippen LogP contribution in [0.4, 0.5) is 0 Å². The summed E-state index contributed by atoms with van der Waals surface area (Å²) < 4.78 is 0. The van der Waals surface area contributed by atoms with Crippen molar-refractivity contribution >= 4 is 12.3 Å². The number of allylic oxidation sites excluding steroid dienone is 1. The smallest absolute Gasteiger partial charge is 0.331 e. The zero-order chi connectivity index (χ0) is 6.57. The SMILES string of the molecule is C/C(=C\[C]=O)C(=O)O. The summed E-state index contributed by atoms with van der Waals surface area (Å²) in [4.78, 5) is 19.3. The second kappa shape index (κ2) is 2.96. The Balaban J connectivity index is 3.99. The highest BCUT2D eigenvalue weighted by Crippen LogP contribution is 1.87. The predicted octanol–water partition coefficient (Wildman–Crippen LogP) is 0.127. The van der Waals surface area contributed by atoms with Crippen LogP contribution < -0.4 is 0 Å². The third-order valence-corrected chi connectivity index (χ3v) is 0.613. The highest BCUT2D eigenvalue weighted by molar-refractivity contribution is 5.90. The number of rotatable bonds is 2. The molecular weight excluding hydrogens is 108 g/mol. The third kappa shape index (κ3) is 2.12. The summed E-state index contributed by atoms with van der Waals surface area (Å²) in [6, 6.07) is 0. The van der Waals surface area contributed by atoms with Gasteiger partial charge in [0.2, 0.25) is 6.29 Å². The van der Waals surface area contributed by atoms with E-state index in [0.29, 0.717) is 0 Å². The van der Waals surface area contributed by atoms with Crippen LogP contribution >= 0.6 is 0 Å². The fourth-order valence-corrected chi connectivity index (χ4v) is 0.150. The van der Waals surface area contributed by atoms with Gasteiger partial charge in [-0.05, 0) is 13.0 Å². The molecule has 0 aliphatic rings. The van der Waals surface area contributed by atoms with Crippen molar-refractivity contribution < 1.29 is 14.7 Å². The molecule has 0 bridgehead atoms. The summed E-state index contributed by atoms with van der Waals surface area (Å²) in [6.07, 6.45) is 2.23. The fourth-order valence-electron chi connectivity index (χ4n) is 0.150. The molecule has 3 heteroatoms. The summed E-state index contributed by atoms with van der Waals surface area (Å²) in [7, 11) is 0. The largest absolute Gasteiger partial charge is 0.478 e. The fraction of sp³-hybridized carbons (Fsp3) is 0.200.